The molecule has 27 heavy (non-hydrogen) atoms. The van der Waals surface area contributed by atoms with Crippen molar-refractivity contribution in [2.45, 2.75) is 12.8 Å². The minimum absolute atomic E-state index is 0.782. The molecule has 6 heteroatoms. The first-order chi connectivity index (χ1) is 13.4. The topological polar surface area (TPSA) is 53.9 Å². The molecule has 2 aromatic heterocycles. The van der Waals surface area contributed by atoms with Gasteiger partial charge in [-0.15, -0.1) is 11.3 Å². The van der Waals surface area contributed by atoms with Crippen molar-refractivity contribution in [3.05, 3.63) is 60.0 Å². The van der Waals surface area contributed by atoms with Crippen LogP contribution in [0.15, 0.2) is 60.0 Å². The van der Waals surface area contributed by atoms with Crippen LogP contribution in [0, 0.1) is 0 Å². The van der Waals surface area contributed by atoms with Crippen molar-refractivity contribution in [2.75, 3.05) is 23.3 Å². The summed E-state index contributed by atoms with van der Waals surface area (Å²) < 4.78 is 0. The minimum Gasteiger partial charge on any atom is -0.354 e. The smallest absolute Gasteiger partial charge is 0.188 e. The third-order valence-corrected chi connectivity index (χ3v) is 5.51. The van der Waals surface area contributed by atoms with Crippen molar-refractivity contribution >= 4 is 39.1 Å². The number of hydrogen-bond acceptors (Lipinski definition) is 6. The average Bonchev–Trinajstić information content (AvgIpc) is 3.40. The molecule has 0 aliphatic carbocycles. The number of hydrogen-bond donors (Lipinski definition) is 1. The highest BCUT2D eigenvalue weighted by Crippen LogP contribution is 2.32. The maximum atomic E-state index is 4.90. The first kappa shape index (κ1) is 16.2. The number of nitrogens with one attached hydrogen (secondary N) is 1. The summed E-state index contributed by atoms with van der Waals surface area (Å²) in [6.07, 6.45) is 2.40. The Balaban J connectivity index is 1.52. The fraction of sp³-hybridized carbons (Fsp3) is 0.190. The summed E-state index contributed by atoms with van der Waals surface area (Å²) >= 11 is 1.59. The van der Waals surface area contributed by atoms with Crippen molar-refractivity contribution in [3.63, 3.8) is 0 Å². The Hall–Kier alpha value is -2.99. The lowest BCUT2D eigenvalue weighted by Gasteiger charge is -2.20. The molecule has 0 atom stereocenters. The second-order valence-corrected chi connectivity index (χ2v) is 7.47. The van der Waals surface area contributed by atoms with E-state index in [-0.39, 0.29) is 0 Å². The molecular weight excluding hydrogens is 354 g/mol. The molecule has 1 aliphatic rings. The Morgan fingerprint density at radius 3 is 2.30 bits per heavy atom. The fourth-order valence-corrected chi connectivity index (χ4v) is 4.12. The van der Waals surface area contributed by atoms with Crippen LogP contribution in [-0.4, -0.2) is 28.0 Å². The predicted octanol–water partition coefficient (Wildman–Crippen LogP) is 5.10. The number of thiazole rings is 1. The Labute approximate surface area is 161 Å². The van der Waals surface area contributed by atoms with Crippen molar-refractivity contribution in [1.29, 1.82) is 0 Å². The molecule has 1 N–H and O–H groups in total. The van der Waals surface area contributed by atoms with E-state index in [1.807, 2.05) is 42.5 Å². The molecule has 0 bridgehead atoms. The van der Waals surface area contributed by atoms with E-state index in [4.69, 9.17) is 15.0 Å². The van der Waals surface area contributed by atoms with Crippen LogP contribution in [-0.2, 0) is 0 Å². The Morgan fingerprint density at radius 1 is 0.815 bits per heavy atom. The molecule has 5 nitrogen and oxygen atoms in total. The normalized spacial score (nSPS) is 14.0. The van der Waals surface area contributed by atoms with Crippen LogP contribution in [0.1, 0.15) is 12.8 Å². The lowest BCUT2D eigenvalue weighted by Crippen LogP contribution is -2.21. The van der Waals surface area contributed by atoms with E-state index in [9.17, 15) is 0 Å². The standard InChI is InChI=1S/C21H19N5S/c1-2-8-15(9-3-1)18-14-27-21(24-18)25-19-20(26-12-6-7-13-26)23-17-11-5-4-10-16(17)22-19/h1-5,8-11,14H,6-7,12-13H2,(H,22,24,25). The first-order valence-corrected chi connectivity index (χ1v) is 10.0. The molecule has 1 aliphatic heterocycles. The second-order valence-electron chi connectivity index (χ2n) is 6.61. The third-order valence-electron chi connectivity index (χ3n) is 4.76. The minimum atomic E-state index is 0.782. The van der Waals surface area contributed by atoms with Crippen LogP contribution in [0.2, 0.25) is 0 Å². The zero-order valence-corrected chi connectivity index (χ0v) is 15.6. The van der Waals surface area contributed by atoms with E-state index < -0.39 is 0 Å². The van der Waals surface area contributed by atoms with Crippen molar-refractivity contribution in [1.82, 2.24) is 15.0 Å². The van der Waals surface area contributed by atoms with E-state index in [1.165, 1.54) is 12.8 Å². The lowest BCUT2D eigenvalue weighted by molar-refractivity contribution is 0.939. The van der Waals surface area contributed by atoms with Crippen LogP contribution in [0.25, 0.3) is 22.3 Å². The van der Waals surface area contributed by atoms with Gasteiger partial charge in [0, 0.05) is 24.0 Å². The van der Waals surface area contributed by atoms with Gasteiger partial charge in [-0.3, -0.25) is 0 Å². The molecule has 0 radical (unpaired) electrons. The van der Waals surface area contributed by atoms with Gasteiger partial charge in [0.2, 0.25) is 0 Å². The quantitative estimate of drug-likeness (QED) is 0.539. The highest BCUT2D eigenvalue weighted by Gasteiger charge is 2.20. The van der Waals surface area contributed by atoms with Gasteiger partial charge in [-0.1, -0.05) is 42.5 Å². The molecule has 0 unspecified atom stereocenters. The summed E-state index contributed by atoms with van der Waals surface area (Å²) in [5.41, 5.74) is 3.91. The van der Waals surface area contributed by atoms with Gasteiger partial charge in [0.1, 0.15) is 0 Å². The van der Waals surface area contributed by atoms with E-state index >= 15 is 0 Å². The van der Waals surface area contributed by atoms with E-state index in [1.54, 1.807) is 11.3 Å². The SMILES string of the molecule is c1ccc(-c2csc(Nc3nc4ccccc4nc3N3CCCC3)n2)cc1. The number of nitrogens with zero attached hydrogens (tertiary/aromatic N) is 4. The predicted molar refractivity (Wildman–Crippen MR) is 112 cm³/mol. The maximum absolute atomic E-state index is 4.90. The summed E-state index contributed by atoms with van der Waals surface area (Å²) in [7, 11) is 0. The highest BCUT2D eigenvalue weighted by atomic mass is 32.1. The van der Waals surface area contributed by atoms with Gasteiger partial charge in [0.05, 0.1) is 16.7 Å². The molecule has 134 valence electrons. The Bertz CT molecular complexity index is 1070. The zero-order chi connectivity index (χ0) is 18.1. The number of anilines is 3. The van der Waals surface area contributed by atoms with Crippen LogP contribution in [0.4, 0.5) is 16.8 Å². The van der Waals surface area contributed by atoms with E-state index in [0.29, 0.717) is 0 Å². The number of rotatable bonds is 4. The molecule has 2 aromatic carbocycles. The second kappa shape index (κ2) is 6.96. The molecule has 1 saturated heterocycles. The van der Waals surface area contributed by atoms with Crippen molar-refractivity contribution in [3.8, 4) is 11.3 Å². The molecule has 0 amide bonds. The van der Waals surface area contributed by atoms with Crippen LogP contribution in [0.5, 0.6) is 0 Å². The molecule has 0 saturated carbocycles. The highest BCUT2D eigenvalue weighted by molar-refractivity contribution is 7.14. The fourth-order valence-electron chi connectivity index (χ4n) is 3.40. The molecule has 1 fully saturated rings. The monoisotopic (exact) mass is 373 g/mol. The summed E-state index contributed by atoms with van der Waals surface area (Å²) in [4.78, 5) is 16.8. The van der Waals surface area contributed by atoms with Crippen LogP contribution < -0.4 is 10.2 Å². The zero-order valence-electron chi connectivity index (χ0n) is 14.8. The molecule has 0 spiro atoms. The summed E-state index contributed by atoms with van der Waals surface area (Å²) in [6, 6.07) is 18.2. The van der Waals surface area contributed by atoms with E-state index in [2.05, 4.69) is 27.7 Å². The van der Waals surface area contributed by atoms with E-state index in [0.717, 1.165) is 52.1 Å². The summed E-state index contributed by atoms with van der Waals surface area (Å²) in [5, 5.41) is 6.33. The average molecular weight is 373 g/mol. The molecule has 3 heterocycles. The molecule has 5 rings (SSSR count). The van der Waals surface area contributed by atoms with Crippen LogP contribution in [0.3, 0.4) is 0 Å². The molecular formula is C21H19N5S. The molecule has 4 aromatic rings. The van der Waals surface area contributed by atoms with Gasteiger partial charge in [-0.2, -0.15) is 0 Å². The van der Waals surface area contributed by atoms with Gasteiger partial charge >= 0.3 is 0 Å². The van der Waals surface area contributed by atoms with Crippen molar-refractivity contribution in [2.24, 2.45) is 0 Å². The van der Waals surface area contributed by atoms with Gasteiger partial charge < -0.3 is 10.2 Å². The Morgan fingerprint density at radius 2 is 1.52 bits per heavy atom. The first-order valence-electron chi connectivity index (χ1n) is 9.16. The van der Waals surface area contributed by atoms with Gasteiger partial charge in [0.15, 0.2) is 16.8 Å². The maximum Gasteiger partial charge on any atom is 0.188 e. The number of aromatic nitrogens is 3. The van der Waals surface area contributed by atoms with Gasteiger partial charge in [-0.25, -0.2) is 15.0 Å². The largest absolute Gasteiger partial charge is 0.354 e. The number of fused-ring (bicyclic) bond motifs is 1. The number of benzene rings is 2. The lowest BCUT2D eigenvalue weighted by atomic mass is 10.2. The van der Waals surface area contributed by atoms with Crippen LogP contribution >= 0.6 is 11.3 Å². The van der Waals surface area contributed by atoms with Gasteiger partial charge in [0.25, 0.3) is 0 Å². The summed E-state index contributed by atoms with van der Waals surface area (Å²) in [6.45, 7) is 2.05. The summed E-state index contributed by atoms with van der Waals surface area (Å²) in [5.74, 6) is 1.70. The van der Waals surface area contributed by atoms with Gasteiger partial charge in [-0.05, 0) is 25.0 Å². The third kappa shape index (κ3) is 3.24. The number of para-hydroxylation sites is 2. The Kier molecular flexibility index (Phi) is 4.18. The van der Waals surface area contributed by atoms with Crippen molar-refractivity contribution < 1.29 is 0 Å².